The molecular formula is C19H19N5O5S2. The maximum Gasteiger partial charge on any atom is 0.333 e. The second kappa shape index (κ2) is 9.71. The van der Waals surface area contributed by atoms with Crippen LogP contribution in [0.3, 0.4) is 0 Å². The van der Waals surface area contributed by atoms with Crippen LogP contribution < -0.4 is 17.0 Å². The van der Waals surface area contributed by atoms with Gasteiger partial charge in [0.2, 0.25) is 0 Å². The first-order chi connectivity index (χ1) is 14.8. The summed E-state index contributed by atoms with van der Waals surface area (Å²) in [6.45, 7) is 1.18. The van der Waals surface area contributed by atoms with E-state index in [0.717, 1.165) is 34.0 Å². The average Bonchev–Trinajstić information content (AvgIpc) is 3.18. The van der Waals surface area contributed by atoms with Crippen LogP contribution in [0.4, 0.5) is 5.82 Å². The molecule has 31 heavy (non-hydrogen) atoms. The normalized spacial score (nSPS) is 10.8. The van der Waals surface area contributed by atoms with Gasteiger partial charge in [-0.1, -0.05) is 53.4 Å². The number of nitrogens with zero attached hydrogens (tertiary/aromatic N) is 4. The van der Waals surface area contributed by atoms with E-state index in [1.165, 1.54) is 11.3 Å². The number of aromatic nitrogens is 4. The summed E-state index contributed by atoms with van der Waals surface area (Å²) in [6, 6.07) is 8.93. The summed E-state index contributed by atoms with van der Waals surface area (Å²) in [7, 11) is 1.14. The summed E-state index contributed by atoms with van der Waals surface area (Å²) in [4.78, 5) is 50.5. The van der Waals surface area contributed by atoms with Gasteiger partial charge in [-0.3, -0.25) is 19.0 Å². The van der Waals surface area contributed by atoms with Gasteiger partial charge >= 0.3 is 11.7 Å². The summed E-state index contributed by atoms with van der Waals surface area (Å²) >= 11 is 2.43. The zero-order chi connectivity index (χ0) is 22.5. The fraction of sp³-hybridized carbons (Fsp3) is 0.263. The van der Waals surface area contributed by atoms with Gasteiger partial charge in [0.25, 0.3) is 5.56 Å². The van der Waals surface area contributed by atoms with Crippen LogP contribution in [0.1, 0.15) is 20.9 Å². The van der Waals surface area contributed by atoms with Crippen molar-refractivity contribution in [3.05, 3.63) is 67.3 Å². The molecule has 2 aromatic heterocycles. The number of hydrogen-bond acceptors (Lipinski definition) is 10. The number of methoxy groups -OCH3 is 1. The Morgan fingerprint density at radius 1 is 1.16 bits per heavy atom. The van der Waals surface area contributed by atoms with Crippen LogP contribution in [0.5, 0.6) is 0 Å². The number of ketones is 1. The molecule has 0 aliphatic rings. The highest BCUT2D eigenvalue weighted by atomic mass is 32.2. The first kappa shape index (κ1) is 22.4. The number of nitrogen functional groups attached to an aromatic ring is 1. The van der Waals surface area contributed by atoms with Crippen molar-refractivity contribution in [3.8, 4) is 0 Å². The molecule has 12 heteroatoms. The topological polar surface area (TPSA) is 139 Å². The number of carbonyl (C=O) groups is 2. The van der Waals surface area contributed by atoms with E-state index < -0.39 is 29.5 Å². The lowest BCUT2D eigenvalue weighted by Gasteiger charge is -2.16. The van der Waals surface area contributed by atoms with Crippen molar-refractivity contribution in [1.82, 2.24) is 19.3 Å². The second-order valence-electron chi connectivity index (χ2n) is 6.38. The van der Waals surface area contributed by atoms with Gasteiger partial charge in [-0.05, 0) is 12.5 Å². The maximum absolute atomic E-state index is 12.9. The Morgan fingerprint density at radius 2 is 1.87 bits per heavy atom. The number of esters is 1. The predicted molar refractivity (Wildman–Crippen MR) is 117 cm³/mol. The molecule has 0 atom stereocenters. The summed E-state index contributed by atoms with van der Waals surface area (Å²) in [5.74, 6) is -1.76. The highest BCUT2D eigenvalue weighted by Crippen LogP contribution is 2.23. The van der Waals surface area contributed by atoms with E-state index >= 15 is 0 Å². The van der Waals surface area contributed by atoms with Gasteiger partial charge in [-0.25, -0.2) is 9.36 Å². The van der Waals surface area contributed by atoms with Crippen molar-refractivity contribution >= 4 is 40.7 Å². The van der Waals surface area contributed by atoms with Crippen LogP contribution in [-0.4, -0.2) is 43.9 Å². The molecule has 3 aromatic rings. The fourth-order valence-electron chi connectivity index (χ4n) is 2.77. The zero-order valence-corrected chi connectivity index (χ0v) is 18.4. The number of thioether (sulfide) groups is 1. The smallest absolute Gasteiger partial charge is 0.333 e. The lowest BCUT2D eigenvalue weighted by Crippen LogP contribution is -2.45. The van der Waals surface area contributed by atoms with E-state index in [1.54, 1.807) is 31.2 Å². The third kappa shape index (κ3) is 5.09. The largest absolute Gasteiger partial charge is 0.468 e. The third-order valence-electron chi connectivity index (χ3n) is 4.28. The Kier molecular flexibility index (Phi) is 7.02. The molecule has 0 spiro atoms. The first-order valence-electron chi connectivity index (χ1n) is 9.01. The third-order valence-corrected chi connectivity index (χ3v) is 6.25. The van der Waals surface area contributed by atoms with E-state index in [1.807, 2.05) is 6.07 Å². The van der Waals surface area contributed by atoms with Gasteiger partial charge < -0.3 is 10.5 Å². The number of nitrogens with two attached hydrogens (primary N) is 1. The fourth-order valence-corrected chi connectivity index (χ4v) is 4.45. The summed E-state index contributed by atoms with van der Waals surface area (Å²) in [5, 5.41) is 8.55. The molecule has 2 N–H and O–H groups in total. The van der Waals surface area contributed by atoms with E-state index in [2.05, 4.69) is 14.9 Å². The van der Waals surface area contributed by atoms with Gasteiger partial charge in [0.1, 0.15) is 22.9 Å². The Morgan fingerprint density at radius 3 is 2.48 bits per heavy atom. The van der Waals surface area contributed by atoms with E-state index in [4.69, 9.17) is 5.73 Å². The number of ether oxygens (including phenoxy) is 1. The van der Waals surface area contributed by atoms with Gasteiger partial charge in [-0.15, -0.1) is 10.2 Å². The van der Waals surface area contributed by atoms with Crippen molar-refractivity contribution in [2.24, 2.45) is 0 Å². The number of benzene rings is 1. The number of aryl methyl sites for hydroxylation is 1. The first-order valence-corrected chi connectivity index (χ1v) is 10.8. The molecule has 0 aliphatic carbocycles. The van der Waals surface area contributed by atoms with Crippen LogP contribution in [0.2, 0.25) is 0 Å². The van der Waals surface area contributed by atoms with Gasteiger partial charge in [0, 0.05) is 0 Å². The lowest BCUT2D eigenvalue weighted by atomic mass is 10.2. The maximum atomic E-state index is 12.9. The van der Waals surface area contributed by atoms with Crippen molar-refractivity contribution < 1.29 is 14.3 Å². The molecular weight excluding hydrogens is 442 g/mol. The number of anilines is 1. The van der Waals surface area contributed by atoms with Crippen LogP contribution in [0.25, 0.3) is 0 Å². The molecule has 0 bridgehead atoms. The molecule has 0 aliphatic heterocycles. The molecule has 0 amide bonds. The van der Waals surface area contributed by atoms with Crippen molar-refractivity contribution in [2.75, 3.05) is 18.6 Å². The number of carbonyl (C=O) groups excluding carboxylic acids is 2. The molecule has 1 aromatic carbocycles. The Bertz CT molecular complexity index is 1230. The zero-order valence-electron chi connectivity index (χ0n) is 16.7. The van der Waals surface area contributed by atoms with Crippen LogP contribution in [0, 0.1) is 6.92 Å². The summed E-state index contributed by atoms with van der Waals surface area (Å²) < 4.78 is 6.91. The number of hydrogen-bond donors (Lipinski definition) is 1. The predicted octanol–water partition coefficient (Wildman–Crippen LogP) is 0.948. The SMILES string of the molecule is COC(=O)Cn1c(=O)c(C(=O)CSc2nnc(C)s2)c(N)n(Cc2ccccc2)c1=O. The van der Waals surface area contributed by atoms with Crippen molar-refractivity contribution in [2.45, 2.75) is 24.4 Å². The highest BCUT2D eigenvalue weighted by Gasteiger charge is 2.24. The Balaban J connectivity index is 2.05. The molecule has 10 nitrogen and oxygen atoms in total. The lowest BCUT2D eigenvalue weighted by molar-refractivity contribution is -0.141. The van der Waals surface area contributed by atoms with Crippen molar-refractivity contribution in [3.63, 3.8) is 0 Å². The number of rotatable bonds is 8. The van der Waals surface area contributed by atoms with Gasteiger partial charge in [0.15, 0.2) is 10.1 Å². The molecule has 0 saturated carbocycles. The van der Waals surface area contributed by atoms with Crippen LogP contribution in [-0.2, 0) is 22.6 Å². The van der Waals surface area contributed by atoms with Crippen LogP contribution in [0.15, 0.2) is 44.3 Å². The van der Waals surface area contributed by atoms with Gasteiger partial charge in [-0.2, -0.15) is 0 Å². The van der Waals surface area contributed by atoms with Crippen LogP contribution >= 0.6 is 23.1 Å². The standard InChI is InChI=1S/C19H19N5O5S2/c1-11-21-22-18(31-11)30-10-13(25)15-16(20)23(8-12-6-4-3-5-7-12)19(28)24(17(15)27)9-14(26)29-2/h3-7H,8-10,20H2,1-2H3. The second-order valence-corrected chi connectivity index (χ2v) is 8.78. The minimum Gasteiger partial charge on any atom is -0.468 e. The van der Waals surface area contributed by atoms with Crippen molar-refractivity contribution in [1.29, 1.82) is 0 Å². The molecule has 3 rings (SSSR count). The number of Topliss-reactive ketones (excluding diaryl/α,β-unsaturated/α-hetero) is 1. The molecule has 0 unspecified atom stereocenters. The molecule has 162 valence electrons. The Labute approximate surface area is 184 Å². The molecule has 0 radical (unpaired) electrons. The minimum atomic E-state index is -0.934. The molecule has 0 saturated heterocycles. The highest BCUT2D eigenvalue weighted by molar-refractivity contribution is 8.01. The quantitative estimate of drug-likeness (QED) is 0.295. The average molecular weight is 462 g/mol. The monoisotopic (exact) mass is 461 g/mol. The van der Waals surface area contributed by atoms with E-state index in [9.17, 15) is 19.2 Å². The van der Waals surface area contributed by atoms with Gasteiger partial charge in [0.05, 0.1) is 19.4 Å². The molecule has 2 heterocycles. The summed E-state index contributed by atoms with van der Waals surface area (Å²) in [6.07, 6.45) is 0. The summed E-state index contributed by atoms with van der Waals surface area (Å²) in [5.41, 5.74) is 4.76. The minimum absolute atomic E-state index is 0.0238. The van der Waals surface area contributed by atoms with E-state index in [0.29, 0.717) is 8.91 Å². The Hall–Kier alpha value is -3.25. The molecule has 0 fully saturated rings. The van der Waals surface area contributed by atoms with E-state index in [-0.39, 0.29) is 23.7 Å².